The number of carbonyl (C=O) groups is 3. The summed E-state index contributed by atoms with van der Waals surface area (Å²) in [5.41, 5.74) is 12.0. The zero-order chi connectivity index (χ0) is 36.6. The van der Waals surface area contributed by atoms with E-state index in [0.717, 1.165) is 96.9 Å². The van der Waals surface area contributed by atoms with Gasteiger partial charge in [-0.2, -0.15) is 5.10 Å². The fraction of sp³-hybridized carbons (Fsp3) is 0.366. The van der Waals surface area contributed by atoms with Crippen LogP contribution >= 0.6 is 0 Å². The van der Waals surface area contributed by atoms with E-state index in [0.29, 0.717) is 35.8 Å². The first-order valence-corrected chi connectivity index (χ1v) is 18.9. The molecule has 3 amide bonds. The standard InChI is InChI=1S/C41H41N9O4/c42-37-35-36(25-6-9-31(10-7-25)54-30-4-2-1-3-5-30)46-50(38(35)44-24-43-37)27-14-16-41(17-15-27)22-48(23-41)29-20-47(21-29)28-8-11-32-26(18-28)19-49(40(32)53)33-12-13-34(51)45-39(33)52/h1-11,18,24,27,29,33H,12-17,19-23H2,(H2,42,43,44)(H,45,51,52)/t33-/m1/s1. The average Bonchev–Trinajstić information content (AvgIpc) is 3.70. The van der Waals surface area contributed by atoms with E-state index in [-0.39, 0.29) is 30.2 Å². The van der Waals surface area contributed by atoms with Crippen LogP contribution in [0.25, 0.3) is 22.3 Å². The summed E-state index contributed by atoms with van der Waals surface area (Å²) in [6.07, 6.45) is 6.54. The molecule has 0 unspecified atom stereocenters. The van der Waals surface area contributed by atoms with Gasteiger partial charge in [-0.3, -0.25) is 24.6 Å². The van der Waals surface area contributed by atoms with Crippen LogP contribution in [-0.4, -0.2) is 85.5 Å². The lowest BCUT2D eigenvalue weighted by Crippen LogP contribution is -2.69. The molecule has 13 nitrogen and oxygen atoms in total. The highest BCUT2D eigenvalue weighted by atomic mass is 16.5. The topological polar surface area (TPSA) is 152 Å². The van der Waals surface area contributed by atoms with Crippen LogP contribution < -0.4 is 20.7 Å². The molecule has 0 bridgehead atoms. The van der Waals surface area contributed by atoms with Gasteiger partial charge in [0.2, 0.25) is 11.8 Å². The average molecular weight is 724 g/mol. The Morgan fingerprint density at radius 3 is 2.37 bits per heavy atom. The molecule has 5 aromatic rings. The number of nitrogens with one attached hydrogen (secondary N) is 1. The van der Waals surface area contributed by atoms with Crippen molar-refractivity contribution in [2.24, 2.45) is 5.41 Å². The maximum Gasteiger partial charge on any atom is 0.255 e. The fourth-order valence-electron chi connectivity index (χ4n) is 9.26. The molecule has 6 heterocycles. The molecule has 10 rings (SSSR count). The first-order chi connectivity index (χ1) is 26.3. The Balaban J connectivity index is 0.757. The molecule has 3 aromatic carbocycles. The first kappa shape index (κ1) is 32.8. The van der Waals surface area contributed by atoms with Crippen LogP contribution in [0.15, 0.2) is 79.1 Å². The van der Waals surface area contributed by atoms with Crippen molar-refractivity contribution in [3.05, 3.63) is 90.3 Å². The number of para-hydroxylation sites is 1. The highest BCUT2D eigenvalue weighted by Gasteiger charge is 2.50. The Labute approximate surface area is 312 Å². The molecule has 13 heteroatoms. The number of ether oxygens (including phenoxy) is 1. The quantitative estimate of drug-likeness (QED) is 0.221. The third-order valence-electron chi connectivity index (χ3n) is 12.3. The molecule has 0 radical (unpaired) electrons. The highest BCUT2D eigenvalue weighted by Crippen LogP contribution is 2.49. The number of carbonyl (C=O) groups excluding carboxylic acids is 3. The molecule has 1 spiro atoms. The lowest BCUT2D eigenvalue weighted by atomic mass is 9.66. The largest absolute Gasteiger partial charge is 0.457 e. The lowest BCUT2D eigenvalue weighted by Gasteiger charge is -2.59. The molecule has 4 fully saturated rings. The monoisotopic (exact) mass is 723 g/mol. The van der Waals surface area contributed by atoms with E-state index in [9.17, 15) is 14.4 Å². The number of aromatic nitrogens is 4. The zero-order valence-corrected chi connectivity index (χ0v) is 29.9. The van der Waals surface area contributed by atoms with E-state index < -0.39 is 6.04 Å². The molecule has 274 valence electrons. The van der Waals surface area contributed by atoms with Gasteiger partial charge in [-0.05, 0) is 97.7 Å². The van der Waals surface area contributed by atoms with Crippen LogP contribution in [-0.2, 0) is 16.1 Å². The molecule has 2 aromatic heterocycles. The van der Waals surface area contributed by atoms with Gasteiger partial charge in [-0.15, -0.1) is 0 Å². The number of piperidine rings is 1. The van der Waals surface area contributed by atoms with Crippen molar-refractivity contribution < 1.29 is 19.1 Å². The minimum atomic E-state index is -0.595. The summed E-state index contributed by atoms with van der Waals surface area (Å²) in [4.78, 5) is 52.8. The second-order valence-electron chi connectivity index (χ2n) is 15.6. The minimum Gasteiger partial charge on any atom is -0.457 e. The van der Waals surface area contributed by atoms with E-state index in [2.05, 4.69) is 35.8 Å². The summed E-state index contributed by atoms with van der Waals surface area (Å²) in [5, 5.41) is 8.31. The van der Waals surface area contributed by atoms with Gasteiger partial charge in [-0.1, -0.05) is 18.2 Å². The molecular weight excluding hydrogens is 683 g/mol. The molecule has 3 N–H and O–H groups in total. The van der Waals surface area contributed by atoms with Gasteiger partial charge < -0.3 is 20.3 Å². The van der Waals surface area contributed by atoms with Crippen molar-refractivity contribution in [1.29, 1.82) is 0 Å². The van der Waals surface area contributed by atoms with E-state index in [4.69, 9.17) is 15.6 Å². The van der Waals surface area contributed by atoms with Gasteiger partial charge in [0.05, 0.1) is 11.4 Å². The van der Waals surface area contributed by atoms with Crippen LogP contribution in [0.5, 0.6) is 11.5 Å². The van der Waals surface area contributed by atoms with E-state index >= 15 is 0 Å². The smallest absolute Gasteiger partial charge is 0.255 e. The number of nitrogens with two attached hydrogens (primary N) is 1. The maximum absolute atomic E-state index is 13.1. The Kier molecular flexibility index (Phi) is 7.68. The number of rotatable bonds is 7. The second-order valence-corrected chi connectivity index (χ2v) is 15.6. The van der Waals surface area contributed by atoms with Crippen molar-refractivity contribution in [2.45, 2.75) is 63.2 Å². The number of hydrogen-bond donors (Lipinski definition) is 2. The highest BCUT2D eigenvalue weighted by molar-refractivity contribution is 6.05. The molecule has 4 aliphatic heterocycles. The molecular formula is C41H41N9O4. The van der Waals surface area contributed by atoms with Crippen LogP contribution in [0.1, 0.15) is 60.5 Å². The molecule has 1 atom stereocenters. The van der Waals surface area contributed by atoms with E-state index in [1.165, 1.54) is 6.33 Å². The molecule has 1 saturated carbocycles. The number of likely N-dealkylation sites (tertiary alicyclic amines) is 1. The number of nitrogen functional groups attached to an aromatic ring is 1. The van der Waals surface area contributed by atoms with Gasteiger partial charge in [0, 0.05) is 62.0 Å². The zero-order valence-electron chi connectivity index (χ0n) is 29.9. The van der Waals surface area contributed by atoms with E-state index in [1.807, 2.05) is 66.7 Å². The minimum absolute atomic E-state index is 0.133. The molecule has 5 aliphatic rings. The third-order valence-corrected chi connectivity index (χ3v) is 12.3. The van der Waals surface area contributed by atoms with Crippen molar-refractivity contribution in [1.82, 2.24) is 34.9 Å². The predicted octanol–water partition coefficient (Wildman–Crippen LogP) is 4.93. The van der Waals surface area contributed by atoms with Gasteiger partial charge in [0.15, 0.2) is 5.65 Å². The summed E-state index contributed by atoms with van der Waals surface area (Å²) >= 11 is 0. The Morgan fingerprint density at radius 1 is 0.852 bits per heavy atom. The third kappa shape index (κ3) is 5.56. The summed E-state index contributed by atoms with van der Waals surface area (Å²) in [7, 11) is 0. The second kappa shape index (κ2) is 12.7. The van der Waals surface area contributed by atoms with Crippen molar-refractivity contribution in [3.8, 4) is 22.8 Å². The molecule has 54 heavy (non-hydrogen) atoms. The summed E-state index contributed by atoms with van der Waals surface area (Å²) < 4.78 is 8.10. The van der Waals surface area contributed by atoms with E-state index in [1.54, 1.807) is 4.90 Å². The lowest BCUT2D eigenvalue weighted by molar-refractivity contribution is -0.136. The number of nitrogens with zero attached hydrogens (tertiary/aromatic N) is 7. The Morgan fingerprint density at radius 2 is 1.61 bits per heavy atom. The van der Waals surface area contributed by atoms with Crippen LogP contribution in [0.4, 0.5) is 11.5 Å². The molecule has 3 saturated heterocycles. The normalized spacial score (nSPS) is 21.6. The number of amides is 3. The van der Waals surface area contributed by atoms with Crippen LogP contribution in [0, 0.1) is 5.41 Å². The van der Waals surface area contributed by atoms with Crippen molar-refractivity contribution in [3.63, 3.8) is 0 Å². The predicted molar refractivity (Wildman–Crippen MR) is 202 cm³/mol. The summed E-state index contributed by atoms with van der Waals surface area (Å²) in [6.45, 7) is 4.56. The number of benzene rings is 3. The maximum atomic E-state index is 13.1. The Bertz CT molecular complexity index is 2290. The summed E-state index contributed by atoms with van der Waals surface area (Å²) in [5.74, 6) is 1.19. The van der Waals surface area contributed by atoms with Crippen molar-refractivity contribution in [2.75, 3.05) is 36.8 Å². The van der Waals surface area contributed by atoms with Gasteiger partial charge in [0.25, 0.3) is 5.91 Å². The van der Waals surface area contributed by atoms with Crippen molar-refractivity contribution >= 4 is 40.3 Å². The molecule has 1 aliphatic carbocycles. The van der Waals surface area contributed by atoms with Gasteiger partial charge >= 0.3 is 0 Å². The van der Waals surface area contributed by atoms with Crippen LogP contribution in [0.2, 0.25) is 0 Å². The first-order valence-electron chi connectivity index (χ1n) is 18.9. The number of hydrogen-bond acceptors (Lipinski definition) is 10. The Hall–Kier alpha value is -5.82. The van der Waals surface area contributed by atoms with Crippen LogP contribution in [0.3, 0.4) is 0 Å². The van der Waals surface area contributed by atoms with Gasteiger partial charge in [0.1, 0.15) is 35.4 Å². The summed E-state index contributed by atoms with van der Waals surface area (Å²) in [6, 6.07) is 23.9. The van der Waals surface area contributed by atoms with Gasteiger partial charge in [-0.25, -0.2) is 14.6 Å². The fourth-order valence-corrected chi connectivity index (χ4v) is 9.26. The number of anilines is 2. The SMILES string of the molecule is Nc1ncnc2c1c(-c1ccc(Oc3ccccc3)cc1)nn2C1CCC2(CC1)CN(C1CN(c3ccc4c(c3)CN([C@@H]3CCC(=O)NC3=O)C4=O)C1)C2. The number of imide groups is 1. The number of fused-ring (bicyclic) bond motifs is 2.